The van der Waals surface area contributed by atoms with Crippen molar-refractivity contribution in [1.82, 2.24) is 0 Å². The first-order valence-corrected chi connectivity index (χ1v) is 6.62. The molecule has 0 bridgehead atoms. The molecule has 0 heterocycles. The maximum atomic E-state index is 11.2. The van der Waals surface area contributed by atoms with E-state index in [1.807, 2.05) is 25.7 Å². The molecule has 0 aliphatic carbocycles. The van der Waals surface area contributed by atoms with Crippen molar-refractivity contribution in [2.24, 2.45) is 11.1 Å². The number of nitro groups is 1. The summed E-state index contributed by atoms with van der Waals surface area (Å²) in [7, 11) is 1.55. The minimum Gasteiger partial charge on any atom is -0.497 e. The van der Waals surface area contributed by atoms with Crippen LogP contribution in [0.3, 0.4) is 0 Å². The first kappa shape index (κ1) is 16.2. The van der Waals surface area contributed by atoms with Crippen molar-refractivity contribution in [3.8, 4) is 5.75 Å². The second-order valence-corrected chi connectivity index (χ2v) is 5.49. The number of anilines is 1. The van der Waals surface area contributed by atoms with Crippen LogP contribution in [-0.2, 0) is 0 Å². The fourth-order valence-corrected chi connectivity index (χ4v) is 1.99. The lowest BCUT2D eigenvalue weighted by molar-refractivity contribution is -0.384. The molecule has 1 aromatic carbocycles. The Bertz CT molecular complexity index is 475. The molecule has 0 aliphatic rings. The van der Waals surface area contributed by atoms with Gasteiger partial charge in [0.1, 0.15) is 11.4 Å². The molecule has 0 aliphatic heterocycles. The quantitative estimate of drug-likeness (QED) is 0.613. The molecule has 20 heavy (non-hydrogen) atoms. The Morgan fingerprint density at radius 1 is 1.45 bits per heavy atom. The highest BCUT2D eigenvalue weighted by Gasteiger charge is 2.25. The van der Waals surface area contributed by atoms with Crippen LogP contribution in [0.15, 0.2) is 18.2 Å². The fourth-order valence-electron chi connectivity index (χ4n) is 1.99. The highest BCUT2D eigenvalue weighted by atomic mass is 16.6. The monoisotopic (exact) mass is 281 g/mol. The SMILES string of the molecule is CCN(CC(C)(C)CN)c1cc(OC)ccc1[N+](=O)[O-]. The topological polar surface area (TPSA) is 81.6 Å². The van der Waals surface area contributed by atoms with E-state index in [4.69, 9.17) is 10.5 Å². The number of hydrogen-bond donors (Lipinski definition) is 1. The zero-order valence-electron chi connectivity index (χ0n) is 12.5. The van der Waals surface area contributed by atoms with Crippen molar-refractivity contribution in [1.29, 1.82) is 0 Å². The van der Waals surface area contributed by atoms with Gasteiger partial charge in [-0.25, -0.2) is 0 Å². The molecule has 1 rings (SSSR count). The second kappa shape index (κ2) is 6.56. The van der Waals surface area contributed by atoms with Crippen molar-refractivity contribution in [3.05, 3.63) is 28.3 Å². The van der Waals surface area contributed by atoms with Crippen molar-refractivity contribution in [2.75, 3.05) is 31.6 Å². The lowest BCUT2D eigenvalue weighted by Gasteiger charge is -2.32. The molecule has 0 atom stereocenters. The van der Waals surface area contributed by atoms with Crippen molar-refractivity contribution >= 4 is 11.4 Å². The molecule has 2 N–H and O–H groups in total. The third-order valence-electron chi connectivity index (χ3n) is 3.27. The molecular formula is C14H23N3O3. The zero-order chi connectivity index (χ0) is 15.3. The number of hydrogen-bond acceptors (Lipinski definition) is 5. The van der Waals surface area contributed by atoms with Crippen LogP contribution in [0.4, 0.5) is 11.4 Å². The lowest BCUT2D eigenvalue weighted by atomic mass is 9.92. The number of rotatable bonds is 7. The van der Waals surface area contributed by atoms with Crippen molar-refractivity contribution < 1.29 is 9.66 Å². The summed E-state index contributed by atoms with van der Waals surface area (Å²) in [6.45, 7) is 7.88. The summed E-state index contributed by atoms with van der Waals surface area (Å²) < 4.78 is 5.17. The van der Waals surface area contributed by atoms with Crippen molar-refractivity contribution in [3.63, 3.8) is 0 Å². The van der Waals surface area contributed by atoms with E-state index in [0.717, 1.165) is 0 Å². The Kier molecular flexibility index (Phi) is 5.33. The number of nitrogens with two attached hydrogens (primary N) is 1. The van der Waals surface area contributed by atoms with Gasteiger partial charge in [-0.1, -0.05) is 13.8 Å². The molecule has 0 saturated carbocycles. The lowest BCUT2D eigenvalue weighted by Crippen LogP contribution is -2.39. The Morgan fingerprint density at radius 2 is 2.10 bits per heavy atom. The number of nitrogens with zero attached hydrogens (tertiary/aromatic N) is 2. The summed E-state index contributed by atoms with van der Waals surface area (Å²) in [5.74, 6) is 0.606. The predicted octanol–water partition coefficient (Wildman–Crippen LogP) is 2.41. The molecule has 0 fully saturated rings. The standard InChI is InChI=1S/C14H23N3O3/c1-5-16(10-14(2,3)9-15)13-8-11(20-4)6-7-12(13)17(18)19/h6-8H,5,9-10,15H2,1-4H3. The van der Waals surface area contributed by atoms with E-state index < -0.39 is 0 Å². The molecule has 1 aromatic rings. The number of nitro benzene ring substituents is 1. The summed E-state index contributed by atoms with van der Waals surface area (Å²) in [5, 5.41) is 11.2. The normalized spacial score (nSPS) is 11.2. The maximum absolute atomic E-state index is 11.2. The average molecular weight is 281 g/mol. The van der Waals surface area contributed by atoms with Gasteiger partial charge in [0.2, 0.25) is 0 Å². The molecule has 0 saturated heterocycles. The van der Waals surface area contributed by atoms with Gasteiger partial charge in [0.05, 0.1) is 12.0 Å². The molecule has 0 amide bonds. The van der Waals surface area contributed by atoms with Gasteiger partial charge >= 0.3 is 0 Å². The van der Waals surface area contributed by atoms with Crippen LogP contribution in [0.2, 0.25) is 0 Å². The van der Waals surface area contributed by atoms with E-state index in [-0.39, 0.29) is 16.0 Å². The number of ether oxygens (including phenoxy) is 1. The summed E-state index contributed by atoms with van der Waals surface area (Å²) in [4.78, 5) is 12.8. The first-order valence-electron chi connectivity index (χ1n) is 6.62. The van der Waals surface area contributed by atoms with Crippen LogP contribution < -0.4 is 15.4 Å². The van der Waals surface area contributed by atoms with E-state index in [1.165, 1.54) is 6.07 Å². The molecular weight excluding hydrogens is 258 g/mol. The summed E-state index contributed by atoms with van der Waals surface area (Å²) in [6, 6.07) is 4.78. The van der Waals surface area contributed by atoms with E-state index in [9.17, 15) is 10.1 Å². The Balaban J connectivity index is 3.21. The Hall–Kier alpha value is -1.82. The molecule has 0 unspecified atom stereocenters. The van der Waals surface area contributed by atoms with Gasteiger partial charge in [-0.2, -0.15) is 0 Å². The van der Waals surface area contributed by atoms with E-state index in [0.29, 0.717) is 31.1 Å². The highest BCUT2D eigenvalue weighted by Crippen LogP contribution is 2.33. The van der Waals surface area contributed by atoms with Gasteiger partial charge in [-0.3, -0.25) is 10.1 Å². The second-order valence-electron chi connectivity index (χ2n) is 5.49. The van der Waals surface area contributed by atoms with Gasteiger partial charge < -0.3 is 15.4 Å². The molecule has 6 nitrogen and oxygen atoms in total. The van der Waals surface area contributed by atoms with Gasteiger partial charge in [0, 0.05) is 25.2 Å². The first-order chi connectivity index (χ1) is 9.34. The summed E-state index contributed by atoms with van der Waals surface area (Å²) in [6.07, 6.45) is 0. The largest absolute Gasteiger partial charge is 0.497 e. The molecule has 112 valence electrons. The van der Waals surface area contributed by atoms with Gasteiger partial charge in [-0.15, -0.1) is 0 Å². The van der Waals surface area contributed by atoms with Crippen LogP contribution >= 0.6 is 0 Å². The fraction of sp³-hybridized carbons (Fsp3) is 0.571. The molecule has 0 spiro atoms. The minimum atomic E-state index is -0.368. The van der Waals surface area contributed by atoms with E-state index in [1.54, 1.807) is 19.2 Å². The maximum Gasteiger partial charge on any atom is 0.292 e. The third-order valence-corrected chi connectivity index (χ3v) is 3.27. The summed E-state index contributed by atoms with van der Waals surface area (Å²) in [5.41, 5.74) is 6.29. The smallest absolute Gasteiger partial charge is 0.292 e. The molecule has 6 heteroatoms. The molecule has 0 radical (unpaired) electrons. The minimum absolute atomic E-state index is 0.0838. The Labute approximate surface area is 119 Å². The van der Waals surface area contributed by atoms with E-state index >= 15 is 0 Å². The molecule has 0 aromatic heterocycles. The average Bonchev–Trinajstić information content (AvgIpc) is 2.44. The number of benzene rings is 1. The Morgan fingerprint density at radius 3 is 2.55 bits per heavy atom. The van der Waals surface area contributed by atoms with Crippen LogP contribution in [0.5, 0.6) is 5.75 Å². The van der Waals surface area contributed by atoms with Crippen LogP contribution in [0, 0.1) is 15.5 Å². The van der Waals surface area contributed by atoms with Gasteiger partial charge in [0.25, 0.3) is 5.69 Å². The third kappa shape index (κ3) is 3.84. The summed E-state index contributed by atoms with van der Waals surface area (Å²) >= 11 is 0. The van der Waals surface area contributed by atoms with Gasteiger partial charge in [-0.05, 0) is 24.9 Å². The predicted molar refractivity (Wildman–Crippen MR) is 80.4 cm³/mol. The van der Waals surface area contributed by atoms with Gasteiger partial charge in [0.15, 0.2) is 0 Å². The highest BCUT2D eigenvalue weighted by molar-refractivity contribution is 5.66. The number of methoxy groups -OCH3 is 1. The van der Waals surface area contributed by atoms with Crippen molar-refractivity contribution in [2.45, 2.75) is 20.8 Å². The zero-order valence-corrected chi connectivity index (χ0v) is 12.5. The van der Waals surface area contributed by atoms with Crippen LogP contribution in [0.25, 0.3) is 0 Å². The van der Waals surface area contributed by atoms with Crippen LogP contribution in [-0.4, -0.2) is 31.7 Å². The van der Waals surface area contributed by atoms with Crippen LogP contribution in [0.1, 0.15) is 20.8 Å². The van der Waals surface area contributed by atoms with E-state index in [2.05, 4.69) is 0 Å².